The smallest absolute Gasteiger partial charge is 0.318 e. The fourth-order valence-corrected chi connectivity index (χ4v) is 2.46. The Morgan fingerprint density at radius 2 is 1.70 bits per heavy atom. The molecule has 1 aromatic carbocycles. The van der Waals surface area contributed by atoms with E-state index < -0.39 is 14.3 Å². The third-order valence-electron chi connectivity index (χ3n) is 2.22. The Morgan fingerprint density at radius 3 is 2.15 bits per heavy atom. The van der Waals surface area contributed by atoms with E-state index in [4.69, 9.17) is 9.16 Å². The predicted octanol–water partition coefficient (Wildman–Crippen LogP) is 3.53. The molecule has 0 heterocycles. The number of methoxy groups -OCH3 is 1. The highest BCUT2D eigenvalue weighted by Gasteiger charge is 2.20. The molecule has 0 atom stereocenters. The highest BCUT2D eigenvalue weighted by molar-refractivity contribution is 9.12. The Morgan fingerprint density at radius 1 is 1.15 bits per heavy atom. The molecule has 0 saturated carbocycles. The van der Waals surface area contributed by atoms with Gasteiger partial charge in [0.05, 0.1) is 11.6 Å². The third-order valence-corrected chi connectivity index (χ3v) is 3.62. The summed E-state index contributed by atoms with van der Waals surface area (Å²) in [6, 6.07) is 6.65. The van der Waals surface area contributed by atoms with Gasteiger partial charge in [-0.2, -0.15) is 0 Å². The SMILES string of the molecule is COc1ccc(C(=O)/C(Br)=C/C(=O)O[Si](C)(C)C)cc1. The van der Waals surface area contributed by atoms with Crippen molar-refractivity contribution in [1.29, 1.82) is 0 Å². The normalized spacial score (nSPS) is 11.9. The molecule has 0 N–H and O–H groups in total. The van der Waals surface area contributed by atoms with Crippen LogP contribution in [0.25, 0.3) is 0 Å². The molecule has 6 heteroatoms. The summed E-state index contributed by atoms with van der Waals surface area (Å²) in [4.78, 5) is 23.7. The van der Waals surface area contributed by atoms with E-state index in [1.54, 1.807) is 31.4 Å². The molecule has 1 rings (SSSR count). The van der Waals surface area contributed by atoms with Crippen LogP contribution in [0.1, 0.15) is 10.4 Å². The molecular formula is C14H17BrO4Si. The number of benzene rings is 1. The summed E-state index contributed by atoms with van der Waals surface area (Å²) in [7, 11) is -0.402. The maximum atomic E-state index is 12.1. The minimum atomic E-state index is -1.96. The van der Waals surface area contributed by atoms with E-state index in [-0.39, 0.29) is 10.3 Å². The third kappa shape index (κ3) is 5.30. The van der Waals surface area contributed by atoms with Crippen molar-refractivity contribution in [2.75, 3.05) is 7.11 Å². The number of Topliss-reactive ketones (excluding diaryl/α,β-unsaturated/α-hetero) is 1. The summed E-state index contributed by atoms with van der Waals surface area (Å²) >= 11 is 3.12. The first-order valence-corrected chi connectivity index (χ1v) is 10.2. The molecule has 4 nitrogen and oxygen atoms in total. The molecule has 0 aromatic heterocycles. The molecule has 0 spiro atoms. The minimum absolute atomic E-state index is 0.172. The van der Waals surface area contributed by atoms with Crippen LogP contribution < -0.4 is 4.74 Å². The van der Waals surface area contributed by atoms with Gasteiger partial charge < -0.3 is 9.16 Å². The van der Waals surface area contributed by atoms with Crippen molar-refractivity contribution in [3.8, 4) is 5.75 Å². The van der Waals surface area contributed by atoms with Gasteiger partial charge in [-0.3, -0.25) is 4.79 Å². The summed E-state index contributed by atoms with van der Waals surface area (Å²) in [5.41, 5.74) is 0.467. The van der Waals surface area contributed by atoms with Crippen LogP contribution in [0.3, 0.4) is 0 Å². The zero-order valence-corrected chi connectivity index (χ0v) is 14.5. The number of carbonyl (C=O) groups is 2. The van der Waals surface area contributed by atoms with Crippen LogP contribution in [0, 0.1) is 0 Å². The number of ether oxygens (including phenoxy) is 1. The summed E-state index contributed by atoms with van der Waals surface area (Å²) in [5.74, 6) is -0.113. The maximum absolute atomic E-state index is 12.1. The quantitative estimate of drug-likeness (QED) is 0.460. The zero-order valence-electron chi connectivity index (χ0n) is 11.9. The number of rotatable bonds is 5. The van der Waals surface area contributed by atoms with Crippen molar-refractivity contribution in [2.45, 2.75) is 19.6 Å². The lowest BCUT2D eigenvalue weighted by atomic mass is 10.1. The molecule has 0 bridgehead atoms. The molecule has 0 aliphatic rings. The molecule has 0 radical (unpaired) electrons. The van der Waals surface area contributed by atoms with E-state index in [0.717, 1.165) is 0 Å². The van der Waals surface area contributed by atoms with E-state index in [9.17, 15) is 9.59 Å². The first-order chi connectivity index (χ1) is 9.23. The van der Waals surface area contributed by atoms with Gasteiger partial charge in [-0.05, 0) is 59.8 Å². The Hall–Kier alpha value is -1.40. The molecule has 0 unspecified atom stereocenters. The second-order valence-corrected chi connectivity index (χ2v) is 10.4. The van der Waals surface area contributed by atoms with Crippen LogP contribution in [0.5, 0.6) is 5.75 Å². The number of halogens is 1. The van der Waals surface area contributed by atoms with Crippen molar-refractivity contribution >= 4 is 36.0 Å². The number of allylic oxidation sites excluding steroid dienone is 1. The van der Waals surface area contributed by atoms with Crippen LogP contribution in [-0.2, 0) is 9.22 Å². The Kier molecular flexibility index (Phi) is 5.70. The van der Waals surface area contributed by atoms with E-state index in [1.807, 2.05) is 19.6 Å². The van der Waals surface area contributed by atoms with Crippen molar-refractivity contribution in [3.05, 3.63) is 40.4 Å². The second-order valence-electron chi connectivity index (χ2n) is 5.08. The lowest BCUT2D eigenvalue weighted by Crippen LogP contribution is -2.28. The van der Waals surface area contributed by atoms with Gasteiger partial charge in [-0.15, -0.1) is 0 Å². The molecule has 0 aliphatic heterocycles. The van der Waals surface area contributed by atoms with Gasteiger partial charge in [0.2, 0.25) is 8.32 Å². The monoisotopic (exact) mass is 356 g/mol. The molecule has 0 saturated heterocycles. The van der Waals surface area contributed by atoms with Crippen LogP contribution >= 0.6 is 15.9 Å². The Bertz CT molecular complexity index is 529. The molecule has 0 aliphatic carbocycles. The van der Waals surface area contributed by atoms with Crippen LogP contribution in [0.2, 0.25) is 19.6 Å². The summed E-state index contributed by atoms with van der Waals surface area (Å²) in [5, 5.41) is 0. The van der Waals surface area contributed by atoms with Crippen molar-refractivity contribution in [3.63, 3.8) is 0 Å². The van der Waals surface area contributed by atoms with Crippen molar-refractivity contribution in [2.24, 2.45) is 0 Å². The van der Waals surface area contributed by atoms with Crippen molar-refractivity contribution < 1.29 is 18.8 Å². The molecule has 1 aromatic rings. The van der Waals surface area contributed by atoms with E-state index >= 15 is 0 Å². The fraction of sp³-hybridized carbons (Fsp3) is 0.286. The fourth-order valence-electron chi connectivity index (χ4n) is 1.38. The lowest BCUT2D eigenvalue weighted by Gasteiger charge is -2.15. The average molecular weight is 357 g/mol. The number of hydrogen-bond donors (Lipinski definition) is 0. The predicted molar refractivity (Wildman–Crippen MR) is 83.8 cm³/mol. The molecule has 20 heavy (non-hydrogen) atoms. The van der Waals surface area contributed by atoms with Gasteiger partial charge in [0, 0.05) is 11.6 Å². The number of ketones is 1. The zero-order chi connectivity index (χ0) is 15.3. The minimum Gasteiger partial charge on any atom is -0.517 e. The van der Waals surface area contributed by atoms with Gasteiger partial charge in [0.1, 0.15) is 5.75 Å². The summed E-state index contributed by atoms with van der Waals surface area (Å²) < 4.78 is 10.4. The molecule has 0 amide bonds. The highest BCUT2D eigenvalue weighted by Crippen LogP contribution is 2.18. The van der Waals surface area contributed by atoms with Gasteiger partial charge >= 0.3 is 5.97 Å². The Balaban J connectivity index is 2.82. The number of carbonyl (C=O) groups excluding carboxylic acids is 2. The van der Waals surface area contributed by atoms with Gasteiger partial charge in [-0.25, -0.2) is 4.79 Å². The van der Waals surface area contributed by atoms with E-state index in [0.29, 0.717) is 11.3 Å². The topological polar surface area (TPSA) is 52.6 Å². The van der Waals surface area contributed by atoms with E-state index in [2.05, 4.69) is 15.9 Å². The van der Waals surface area contributed by atoms with E-state index in [1.165, 1.54) is 6.08 Å². The van der Waals surface area contributed by atoms with Gasteiger partial charge in [0.15, 0.2) is 5.78 Å². The van der Waals surface area contributed by atoms with Crippen molar-refractivity contribution in [1.82, 2.24) is 0 Å². The van der Waals surface area contributed by atoms with Gasteiger partial charge in [0.25, 0.3) is 0 Å². The highest BCUT2D eigenvalue weighted by atomic mass is 79.9. The summed E-state index contributed by atoms with van der Waals surface area (Å²) in [6.07, 6.45) is 1.17. The molecular weight excluding hydrogens is 340 g/mol. The largest absolute Gasteiger partial charge is 0.517 e. The standard InChI is InChI=1S/C14H17BrO4Si/c1-18-11-7-5-10(6-8-11)14(17)12(15)9-13(16)19-20(2,3)4/h5-9H,1-4H3/b12-9-. The van der Waals surface area contributed by atoms with Crippen LogP contribution in [-0.4, -0.2) is 27.2 Å². The number of hydrogen-bond acceptors (Lipinski definition) is 4. The lowest BCUT2D eigenvalue weighted by molar-refractivity contribution is -0.129. The van der Waals surface area contributed by atoms with Crippen LogP contribution in [0.15, 0.2) is 34.8 Å². The summed E-state index contributed by atoms with van der Waals surface area (Å²) in [6.45, 7) is 5.70. The molecule has 108 valence electrons. The first kappa shape index (κ1) is 16.7. The first-order valence-electron chi connectivity index (χ1n) is 6.02. The second kappa shape index (κ2) is 6.85. The van der Waals surface area contributed by atoms with Crippen LogP contribution in [0.4, 0.5) is 0 Å². The maximum Gasteiger partial charge on any atom is 0.318 e. The van der Waals surface area contributed by atoms with Gasteiger partial charge in [-0.1, -0.05) is 0 Å². The Labute approximate surface area is 128 Å². The average Bonchev–Trinajstić information content (AvgIpc) is 2.35. The molecule has 0 fully saturated rings.